The minimum atomic E-state index is -0.485. The number of benzene rings is 1. The third-order valence-corrected chi connectivity index (χ3v) is 4.21. The Hall–Kier alpha value is -1.79. The summed E-state index contributed by atoms with van der Waals surface area (Å²) >= 11 is 6.16. The summed E-state index contributed by atoms with van der Waals surface area (Å²) in [5.74, 6) is -0.116. The Kier molecular flexibility index (Phi) is 5.85. The number of para-hydroxylation sites is 1. The molecule has 0 aromatic heterocycles. The fourth-order valence-corrected chi connectivity index (χ4v) is 2.92. The number of amides is 3. The van der Waals surface area contributed by atoms with Gasteiger partial charge in [-0.05, 0) is 25.5 Å². The number of nitrogens with one attached hydrogen (secondary N) is 1. The monoisotopic (exact) mass is 339 g/mol. The van der Waals surface area contributed by atoms with Gasteiger partial charge in [0.25, 0.3) is 0 Å². The summed E-state index contributed by atoms with van der Waals surface area (Å²) in [5, 5.41) is 3.34. The van der Waals surface area contributed by atoms with Crippen molar-refractivity contribution < 1.29 is 14.3 Å². The second-order valence-electron chi connectivity index (χ2n) is 5.66. The lowest BCUT2D eigenvalue weighted by molar-refractivity contribution is -0.120. The fraction of sp³-hybridized carbons (Fsp3) is 0.500. The molecule has 1 aromatic carbocycles. The number of carbonyl (C=O) groups excluding carboxylic acids is 2. The Labute approximate surface area is 141 Å². The molecule has 0 aliphatic carbocycles. The Morgan fingerprint density at radius 3 is 2.87 bits per heavy atom. The molecule has 1 aliphatic heterocycles. The first-order chi connectivity index (χ1) is 11.0. The molecule has 1 saturated heterocycles. The van der Waals surface area contributed by atoms with Crippen LogP contribution in [0.1, 0.15) is 13.3 Å². The molecular weight excluding hydrogens is 318 g/mol. The van der Waals surface area contributed by atoms with Gasteiger partial charge in [0.1, 0.15) is 6.04 Å². The molecule has 23 heavy (non-hydrogen) atoms. The molecule has 0 saturated carbocycles. The number of rotatable bonds is 5. The minimum absolute atomic E-state index is 0.116. The molecule has 1 aromatic rings. The summed E-state index contributed by atoms with van der Waals surface area (Å²) in [6.45, 7) is 2.81. The molecule has 126 valence electrons. The number of carbonyl (C=O) groups is 2. The Morgan fingerprint density at radius 2 is 2.22 bits per heavy atom. The summed E-state index contributed by atoms with van der Waals surface area (Å²) in [6.07, 6.45) is 0.576. The maximum atomic E-state index is 12.6. The highest BCUT2D eigenvalue weighted by Gasteiger charge is 2.37. The van der Waals surface area contributed by atoms with Crippen LogP contribution in [0.4, 0.5) is 10.5 Å². The van der Waals surface area contributed by atoms with Crippen molar-refractivity contribution in [1.29, 1.82) is 0 Å². The predicted octanol–water partition coefficient (Wildman–Crippen LogP) is 2.12. The SMILES string of the molecule is COCC(C)NC(=O)N(C)C1CCN(c2ccccc2Cl)C1=O. The first-order valence-electron chi connectivity index (χ1n) is 7.54. The van der Waals surface area contributed by atoms with Gasteiger partial charge in [0.05, 0.1) is 23.4 Å². The molecule has 1 N–H and O–H groups in total. The highest BCUT2D eigenvalue weighted by molar-refractivity contribution is 6.34. The van der Waals surface area contributed by atoms with Gasteiger partial charge in [-0.25, -0.2) is 4.79 Å². The highest BCUT2D eigenvalue weighted by Crippen LogP contribution is 2.30. The van der Waals surface area contributed by atoms with E-state index in [1.165, 1.54) is 4.90 Å². The van der Waals surface area contributed by atoms with Gasteiger partial charge < -0.3 is 19.9 Å². The van der Waals surface area contributed by atoms with Gasteiger partial charge in [-0.1, -0.05) is 23.7 Å². The van der Waals surface area contributed by atoms with Crippen LogP contribution in [-0.2, 0) is 9.53 Å². The number of anilines is 1. The number of halogens is 1. The van der Waals surface area contributed by atoms with Crippen LogP contribution in [0.5, 0.6) is 0 Å². The molecule has 2 atom stereocenters. The van der Waals surface area contributed by atoms with E-state index < -0.39 is 6.04 Å². The van der Waals surface area contributed by atoms with E-state index in [2.05, 4.69) is 5.32 Å². The zero-order chi connectivity index (χ0) is 17.0. The van der Waals surface area contributed by atoms with E-state index in [0.29, 0.717) is 30.3 Å². The minimum Gasteiger partial charge on any atom is -0.383 e. The average Bonchev–Trinajstić information content (AvgIpc) is 2.88. The average molecular weight is 340 g/mol. The molecule has 2 unspecified atom stereocenters. The molecular formula is C16H22ClN3O3. The van der Waals surface area contributed by atoms with Gasteiger partial charge in [0.15, 0.2) is 0 Å². The zero-order valence-corrected chi connectivity index (χ0v) is 14.3. The zero-order valence-electron chi connectivity index (χ0n) is 13.6. The van der Waals surface area contributed by atoms with E-state index in [0.717, 1.165) is 0 Å². The number of hydrogen-bond donors (Lipinski definition) is 1. The van der Waals surface area contributed by atoms with Gasteiger partial charge in [-0.3, -0.25) is 4.79 Å². The largest absolute Gasteiger partial charge is 0.383 e. The number of urea groups is 1. The Balaban J connectivity index is 2.04. The van der Waals surface area contributed by atoms with Crippen LogP contribution < -0.4 is 10.2 Å². The van der Waals surface area contributed by atoms with Crippen LogP contribution in [0.25, 0.3) is 0 Å². The van der Waals surface area contributed by atoms with E-state index in [-0.39, 0.29) is 18.0 Å². The molecule has 1 aliphatic rings. The molecule has 1 heterocycles. The van der Waals surface area contributed by atoms with Crippen LogP contribution in [0.15, 0.2) is 24.3 Å². The number of likely N-dealkylation sites (N-methyl/N-ethyl adjacent to an activating group) is 1. The first-order valence-corrected chi connectivity index (χ1v) is 7.91. The fourth-order valence-electron chi connectivity index (χ4n) is 2.68. The summed E-state index contributed by atoms with van der Waals surface area (Å²) in [6, 6.07) is 6.33. The van der Waals surface area contributed by atoms with Crippen molar-refractivity contribution >= 4 is 29.2 Å². The van der Waals surface area contributed by atoms with Crippen molar-refractivity contribution in [2.45, 2.75) is 25.4 Å². The second kappa shape index (κ2) is 7.66. The normalized spacial score (nSPS) is 18.9. The van der Waals surface area contributed by atoms with Gasteiger partial charge in [0, 0.05) is 20.7 Å². The molecule has 3 amide bonds. The van der Waals surface area contributed by atoms with Crippen molar-refractivity contribution in [3.8, 4) is 0 Å². The molecule has 7 heteroatoms. The van der Waals surface area contributed by atoms with Crippen LogP contribution in [0.3, 0.4) is 0 Å². The summed E-state index contributed by atoms with van der Waals surface area (Å²) in [5.41, 5.74) is 0.684. The van der Waals surface area contributed by atoms with Crippen LogP contribution in [-0.4, -0.2) is 56.2 Å². The third kappa shape index (κ3) is 3.95. The smallest absolute Gasteiger partial charge is 0.318 e. The number of ether oxygens (including phenoxy) is 1. The Bertz CT molecular complexity index is 581. The van der Waals surface area contributed by atoms with Crippen molar-refractivity contribution in [2.24, 2.45) is 0 Å². The standard InChI is InChI=1S/C16H22ClN3O3/c1-11(10-23-3)18-16(22)19(2)14-8-9-20(15(14)21)13-7-5-4-6-12(13)17/h4-7,11,14H,8-10H2,1-3H3,(H,18,22). The second-order valence-corrected chi connectivity index (χ2v) is 6.07. The summed E-state index contributed by atoms with van der Waals surface area (Å²) in [7, 11) is 3.21. The lowest BCUT2D eigenvalue weighted by Crippen LogP contribution is -2.50. The van der Waals surface area contributed by atoms with Crippen molar-refractivity contribution in [2.75, 3.05) is 32.2 Å². The van der Waals surface area contributed by atoms with E-state index in [1.54, 1.807) is 25.1 Å². The third-order valence-electron chi connectivity index (χ3n) is 3.89. The molecule has 0 spiro atoms. The predicted molar refractivity (Wildman–Crippen MR) is 89.8 cm³/mol. The van der Waals surface area contributed by atoms with E-state index in [4.69, 9.17) is 16.3 Å². The van der Waals surface area contributed by atoms with Gasteiger partial charge in [-0.15, -0.1) is 0 Å². The van der Waals surface area contributed by atoms with Gasteiger partial charge in [0.2, 0.25) is 5.91 Å². The molecule has 6 nitrogen and oxygen atoms in total. The van der Waals surface area contributed by atoms with Gasteiger partial charge in [-0.2, -0.15) is 0 Å². The maximum Gasteiger partial charge on any atom is 0.318 e. The number of hydrogen-bond acceptors (Lipinski definition) is 3. The molecule has 0 radical (unpaired) electrons. The molecule has 0 bridgehead atoms. The molecule has 2 rings (SSSR count). The first kappa shape index (κ1) is 17.6. The maximum absolute atomic E-state index is 12.6. The molecule has 1 fully saturated rings. The number of methoxy groups -OCH3 is 1. The lowest BCUT2D eigenvalue weighted by atomic mass is 10.2. The Morgan fingerprint density at radius 1 is 1.52 bits per heavy atom. The van der Waals surface area contributed by atoms with Crippen LogP contribution in [0, 0.1) is 0 Å². The topological polar surface area (TPSA) is 61.9 Å². The van der Waals surface area contributed by atoms with E-state index >= 15 is 0 Å². The summed E-state index contributed by atoms with van der Waals surface area (Å²) in [4.78, 5) is 28.0. The summed E-state index contributed by atoms with van der Waals surface area (Å²) < 4.78 is 5.00. The van der Waals surface area contributed by atoms with Crippen LogP contribution >= 0.6 is 11.6 Å². The van der Waals surface area contributed by atoms with Crippen LogP contribution in [0.2, 0.25) is 5.02 Å². The van der Waals surface area contributed by atoms with Gasteiger partial charge >= 0.3 is 6.03 Å². The lowest BCUT2D eigenvalue weighted by Gasteiger charge is -2.26. The van der Waals surface area contributed by atoms with Crippen molar-refractivity contribution in [3.63, 3.8) is 0 Å². The van der Waals surface area contributed by atoms with Crippen molar-refractivity contribution in [1.82, 2.24) is 10.2 Å². The van der Waals surface area contributed by atoms with E-state index in [9.17, 15) is 9.59 Å². The van der Waals surface area contributed by atoms with Crippen molar-refractivity contribution in [3.05, 3.63) is 29.3 Å². The number of nitrogens with zero attached hydrogens (tertiary/aromatic N) is 2. The quantitative estimate of drug-likeness (QED) is 0.893. The highest BCUT2D eigenvalue weighted by atomic mass is 35.5. The van der Waals surface area contributed by atoms with E-state index in [1.807, 2.05) is 25.1 Å².